The second kappa shape index (κ2) is 19.0. The number of aryl methyl sites for hydroxylation is 1. The Morgan fingerprint density at radius 2 is 1.41 bits per heavy atom. The van der Waals surface area contributed by atoms with Gasteiger partial charge in [-0.3, -0.25) is 19.4 Å². The monoisotopic (exact) mass is 518 g/mol. The smallest absolute Gasteiger partial charge is 0.243 e. The fourth-order valence-electron chi connectivity index (χ4n) is 3.71. The molecular formula is C26H46N8O3. The summed E-state index contributed by atoms with van der Waals surface area (Å²) in [6, 6.07) is 6.21. The molecule has 0 saturated heterocycles. The van der Waals surface area contributed by atoms with Gasteiger partial charge in [0, 0.05) is 13.1 Å². The van der Waals surface area contributed by atoms with Gasteiger partial charge in [0.1, 0.15) is 12.1 Å². The molecule has 3 amide bonds. The number of amides is 3. The summed E-state index contributed by atoms with van der Waals surface area (Å²) in [5, 5.41) is 8.58. The maximum Gasteiger partial charge on any atom is 0.243 e. The lowest BCUT2D eigenvalue weighted by molar-refractivity contribution is -0.132. The van der Waals surface area contributed by atoms with Gasteiger partial charge >= 0.3 is 0 Å². The summed E-state index contributed by atoms with van der Waals surface area (Å²) in [5.74, 6) is -0.853. The number of carbonyl (C=O) groups excluding carboxylic acids is 3. The SMILES string of the molecule is Cc1ccc(CC(=O)N[C@@H](CCCCN)C(=O)N[C@@H](CCCCN)C(=O)NCCCCN=C(N)N)cc1. The lowest BCUT2D eigenvalue weighted by atomic mass is 10.0. The first-order valence-corrected chi connectivity index (χ1v) is 13.1. The normalized spacial score (nSPS) is 12.3. The Morgan fingerprint density at radius 3 is 1.97 bits per heavy atom. The molecule has 11 nitrogen and oxygen atoms in total. The average molecular weight is 519 g/mol. The lowest BCUT2D eigenvalue weighted by Gasteiger charge is -2.23. The van der Waals surface area contributed by atoms with Crippen molar-refractivity contribution in [2.24, 2.45) is 27.9 Å². The lowest BCUT2D eigenvalue weighted by Crippen LogP contribution is -2.54. The van der Waals surface area contributed by atoms with Gasteiger partial charge in [0.2, 0.25) is 17.7 Å². The Bertz CT molecular complexity index is 841. The van der Waals surface area contributed by atoms with E-state index in [0.717, 1.165) is 30.4 Å². The van der Waals surface area contributed by atoms with Gasteiger partial charge in [0.05, 0.1) is 6.42 Å². The number of rotatable bonds is 19. The zero-order valence-corrected chi connectivity index (χ0v) is 22.1. The van der Waals surface area contributed by atoms with Crippen LogP contribution in [0.2, 0.25) is 0 Å². The minimum Gasteiger partial charge on any atom is -0.370 e. The van der Waals surface area contributed by atoms with E-state index >= 15 is 0 Å². The van der Waals surface area contributed by atoms with Crippen LogP contribution in [0, 0.1) is 6.92 Å². The number of hydrogen-bond acceptors (Lipinski definition) is 6. The van der Waals surface area contributed by atoms with Crippen LogP contribution >= 0.6 is 0 Å². The maximum atomic E-state index is 13.2. The number of nitrogens with zero attached hydrogens (tertiary/aromatic N) is 1. The predicted molar refractivity (Wildman–Crippen MR) is 147 cm³/mol. The molecule has 1 aromatic rings. The van der Waals surface area contributed by atoms with Gasteiger partial charge in [0.25, 0.3) is 0 Å². The Labute approximate surface area is 220 Å². The fourth-order valence-corrected chi connectivity index (χ4v) is 3.71. The maximum absolute atomic E-state index is 13.2. The standard InChI is InChI=1S/C26H46N8O3/c1-19-10-12-20(13-11-19)18-23(35)33-22(9-3-5-15-28)25(37)34-21(8-2-4-14-27)24(36)31-16-6-7-17-32-26(29)30/h10-13,21-22H,2-9,14-18,27-28H2,1H3,(H,31,36)(H,33,35)(H,34,37)(H4,29,30,32)/t21-,22-/m0/s1. The molecule has 37 heavy (non-hydrogen) atoms. The molecule has 208 valence electrons. The zero-order chi connectivity index (χ0) is 27.5. The molecule has 11 heteroatoms. The number of nitrogens with one attached hydrogen (secondary N) is 3. The number of aliphatic imine (C=N–C) groups is 1. The van der Waals surface area contributed by atoms with Crippen LogP contribution < -0.4 is 38.9 Å². The van der Waals surface area contributed by atoms with Crippen molar-refractivity contribution in [1.82, 2.24) is 16.0 Å². The number of carbonyl (C=O) groups is 3. The molecular weight excluding hydrogens is 472 g/mol. The molecule has 0 bridgehead atoms. The van der Waals surface area contributed by atoms with Crippen molar-refractivity contribution in [3.63, 3.8) is 0 Å². The molecule has 0 unspecified atom stereocenters. The first kappa shape index (κ1) is 31.8. The minimum absolute atomic E-state index is 0.0405. The number of hydrogen-bond donors (Lipinski definition) is 7. The van der Waals surface area contributed by atoms with Gasteiger partial charge in [-0.2, -0.15) is 0 Å². The summed E-state index contributed by atoms with van der Waals surface area (Å²) in [6.45, 7) is 3.91. The molecule has 11 N–H and O–H groups in total. The molecule has 0 aliphatic rings. The van der Waals surface area contributed by atoms with Crippen molar-refractivity contribution < 1.29 is 14.4 Å². The van der Waals surface area contributed by atoms with Gasteiger partial charge in [0.15, 0.2) is 5.96 Å². The summed E-state index contributed by atoms with van der Waals surface area (Å²) in [6.07, 6.45) is 5.32. The molecule has 2 atom stereocenters. The van der Waals surface area contributed by atoms with E-state index in [0.29, 0.717) is 58.3 Å². The third kappa shape index (κ3) is 14.8. The quantitative estimate of drug-likeness (QED) is 0.0753. The molecule has 0 aliphatic carbocycles. The van der Waals surface area contributed by atoms with E-state index in [1.807, 2.05) is 31.2 Å². The number of nitrogens with two attached hydrogens (primary N) is 4. The predicted octanol–water partition coefficient (Wildman–Crippen LogP) is -0.0651. The summed E-state index contributed by atoms with van der Waals surface area (Å²) in [7, 11) is 0. The first-order valence-electron chi connectivity index (χ1n) is 13.1. The van der Waals surface area contributed by atoms with Crippen LogP contribution in [-0.2, 0) is 20.8 Å². The summed E-state index contributed by atoms with van der Waals surface area (Å²) in [5.41, 5.74) is 23.8. The van der Waals surface area contributed by atoms with Gasteiger partial charge < -0.3 is 38.9 Å². The van der Waals surface area contributed by atoms with Crippen molar-refractivity contribution in [1.29, 1.82) is 0 Å². The Kier molecular flexibility index (Phi) is 16.4. The highest BCUT2D eigenvalue weighted by Crippen LogP contribution is 2.08. The molecule has 1 rings (SSSR count). The third-order valence-corrected chi connectivity index (χ3v) is 5.84. The average Bonchev–Trinajstić information content (AvgIpc) is 2.86. The Balaban J connectivity index is 2.76. The Hall–Kier alpha value is -3.18. The highest BCUT2D eigenvalue weighted by Gasteiger charge is 2.26. The van der Waals surface area contributed by atoms with E-state index < -0.39 is 12.1 Å². The second-order valence-corrected chi connectivity index (χ2v) is 9.22. The van der Waals surface area contributed by atoms with Gasteiger partial charge in [-0.05, 0) is 76.9 Å². The second-order valence-electron chi connectivity index (χ2n) is 9.22. The summed E-state index contributed by atoms with van der Waals surface area (Å²) >= 11 is 0. The van der Waals surface area contributed by atoms with E-state index in [1.165, 1.54) is 0 Å². The molecule has 0 fully saturated rings. The van der Waals surface area contributed by atoms with Gasteiger partial charge in [-0.15, -0.1) is 0 Å². The van der Waals surface area contributed by atoms with Gasteiger partial charge in [-0.1, -0.05) is 29.8 Å². The molecule has 0 heterocycles. The first-order chi connectivity index (χ1) is 17.8. The van der Waals surface area contributed by atoms with Crippen LogP contribution in [0.25, 0.3) is 0 Å². The third-order valence-electron chi connectivity index (χ3n) is 5.84. The summed E-state index contributed by atoms with van der Waals surface area (Å²) in [4.78, 5) is 42.7. The van der Waals surface area contributed by atoms with Crippen molar-refractivity contribution >= 4 is 23.7 Å². The largest absolute Gasteiger partial charge is 0.370 e. The van der Waals surface area contributed by atoms with Crippen LogP contribution in [0.3, 0.4) is 0 Å². The van der Waals surface area contributed by atoms with Crippen molar-refractivity contribution in [2.75, 3.05) is 26.2 Å². The van der Waals surface area contributed by atoms with Crippen LogP contribution in [-0.4, -0.2) is 61.9 Å². The van der Waals surface area contributed by atoms with Crippen LogP contribution in [0.1, 0.15) is 62.5 Å². The van der Waals surface area contributed by atoms with Crippen LogP contribution in [0.5, 0.6) is 0 Å². The summed E-state index contributed by atoms with van der Waals surface area (Å²) < 4.78 is 0. The van der Waals surface area contributed by atoms with Crippen molar-refractivity contribution in [2.45, 2.75) is 76.8 Å². The molecule has 0 aromatic heterocycles. The van der Waals surface area contributed by atoms with E-state index in [4.69, 9.17) is 22.9 Å². The van der Waals surface area contributed by atoms with E-state index in [2.05, 4.69) is 20.9 Å². The number of guanidine groups is 1. The van der Waals surface area contributed by atoms with Crippen LogP contribution in [0.4, 0.5) is 0 Å². The molecule has 0 radical (unpaired) electrons. The Morgan fingerprint density at radius 1 is 0.811 bits per heavy atom. The van der Waals surface area contributed by atoms with Gasteiger partial charge in [-0.25, -0.2) is 0 Å². The fraction of sp³-hybridized carbons (Fsp3) is 0.615. The molecule has 0 aliphatic heterocycles. The van der Waals surface area contributed by atoms with Crippen molar-refractivity contribution in [3.05, 3.63) is 35.4 Å². The topological polar surface area (TPSA) is 204 Å². The minimum atomic E-state index is -0.756. The zero-order valence-electron chi connectivity index (χ0n) is 22.1. The molecule has 0 saturated carbocycles. The molecule has 1 aromatic carbocycles. The van der Waals surface area contributed by atoms with Crippen LogP contribution in [0.15, 0.2) is 29.3 Å². The van der Waals surface area contributed by atoms with E-state index in [1.54, 1.807) is 0 Å². The molecule has 0 spiro atoms. The van der Waals surface area contributed by atoms with Crippen molar-refractivity contribution in [3.8, 4) is 0 Å². The van der Waals surface area contributed by atoms with E-state index in [-0.39, 0.29) is 30.1 Å². The number of benzene rings is 1. The number of unbranched alkanes of at least 4 members (excludes halogenated alkanes) is 3. The highest BCUT2D eigenvalue weighted by molar-refractivity contribution is 5.92. The van der Waals surface area contributed by atoms with E-state index in [9.17, 15) is 14.4 Å². The highest BCUT2D eigenvalue weighted by atomic mass is 16.2.